The van der Waals surface area contributed by atoms with Crippen LogP contribution in [0.4, 0.5) is 13.2 Å². The van der Waals surface area contributed by atoms with E-state index in [4.69, 9.17) is 0 Å². The fraction of sp³-hybridized carbons (Fsp3) is 0.300. The third kappa shape index (κ3) is 1.88. The van der Waals surface area contributed by atoms with Gasteiger partial charge in [-0.1, -0.05) is 12.1 Å². The summed E-state index contributed by atoms with van der Waals surface area (Å²) < 4.78 is 37.7. The summed E-state index contributed by atoms with van der Waals surface area (Å²) in [6, 6.07) is 3.76. The number of halogens is 3. The zero-order chi connectivity index (χ0) is 11.1. The minimum Gasteiger partial charge on any atom is -0.294 e. The van der Waals surface area contributed by atoms with Crippen molar-refractivity contribution in [3.63, 3.8) is 0 Å². The van der Waals surface area contributed by atoms with Crippen LogP contribution in [-0.2, 0) is 6.18 Å². The van der Waals surface area contributed by atoms with Crippen LogP contribution >= 0.6 is 11.8 Å². The van der Waals surface area contributed by atoms with Crippen molar-refractivity contribution in [2.24, 2.45) is 0 Å². The predicted octanol–water partition coefficient (Wildman–Crippen LogP) is 3.38. The first kappa shape index (κ1) is 10.5. The predicted molar refractivity (Wildman–Crippen MR) is 51.1 cm³/mol. The number of rotatable bonds is 0. The quantitative estimate of drug-likeness (QED) is 0.682. The van der Waals surface area contributed by atoms with Gasteiger partial charge in [0.15, 0.2) is 5.78 Å². The van der Waals surface area contributed by atoms with Gasteiger partial charge in [0.25, 0.3) is 0 Å². The molecule has 0 radical (unpaired) electrons. The van der Waals surface area contributed by atoms with Gasteiger partial charge in [0, 0.05) is 22.6 Å². The molecule has 5 heteroatoms. The third-order valence-electron chi connectivity index (χ3n) is 2.20. The van der Waals surface area contributed by atoms with E-state index in [0.29, 0.717) is 12.2 Å². The Labute approximate surface area is 88.7 Å². The fourth-order valence-corrected chi connectivity index (χ4v) is 2.68. The number of hydrogen-bond donors (Lipinski definition) is 0. The molecule has 15 heavy (non-hydrogen) atoms. The lowest BCUT2D eigenvalue weighted by molar-refractivity contribution is -0.139. The molecule has 0 fully saturated rings. The van der Waals surface area contributed by atoms with E-state index >= 15 is 0 Å². The highest BCUT2D eigenvalue weighted by atomic mass is 32.2. The molecule has 0 aromatic heterocycles. The minimum atomic E-state index is -4.38. The first-order valence-electron chi connectivity index (χ1n) is 4.36. The number of hydrogen-bond acceptors (Lipinski definition) is 2. The number of carbonyl (C=O) groups is 1. The zero-order valence-electron chi connectivity index (χ0n) is 7.60. The fourth-order valence-electron chi connectivity index (χ4n) is 1.52. The largest absolute Gasteiger partial charge is 0.417 e. The number of alkyl halides is 3. The number of fused-ring (bicyclic) bond motifs is 1. The first-order chi connectivity index (χ1) is 7.00. The maximum Gasteiger partial charge on any atom is 0.417 e. The van der Waals surface area contributed by atoms with Crippen molar-refractivity contribution in [1.82, 2.24) is 0 Å². The molecule has 80 valence electrons. The average Bonchev–Trinajstić information content (AvgIpc) is 2.16. The lowest BCUT2D eigenvalue weighted by Crippen LogP contribution is -2.14. The van der Waals surface area contributed by atoms with Gasteiger partial charge < -0.3 is 0 Å². The molecule has 0 amide bonds. The maximum absolute atomic E-state index is 12.6. The summed E-state index contributed by atoms with van der Waals surface area (Å²) in [4.78, 5) is 11.5. The molecule has 0 aliphatic carbocycles. The molecule has 1 aromatic rings. The molecule has 0 saturated carbocycles. The van der Waals surface area contributed by atoms with E-state index in [1.165, 1.54) is 12.1 Å². The van der Waals surface area contributed by atoms with E-state index < -0.39 is 11.7 Å². The van der Waals surface area contributed by atoms with Crippen LogP contribution in [0.15, 0.2) is 23.1 Å². The van der Waals surface area contributed by atoms with Crippen molar-refractivity contribution >= 4 is 17.5 Å². The normalized spacial score (nSPS) is 16.3. The van der Waals surface area contributed by atoms with Gasteiger partial charge >= 0.3 is 6.18 Å². The molecule has 0 bridgehead atoms. The van der Waals surface area contributed by atoms with Crippen molar-refractivity contribution in [2.75, 3.05) is 5.75 Å². The van der Waals surface area contributed by atoms with Gasteiger partial charge in [-0.3, -0.25) is 4.79 Å². The highest BCUT2D eigenvalue weighted by molar-refractivity contribution is 7.99. The van der Waals surface area contributed by atoms with Gasteiger partial charge in [0.1, 0.15) is 0 Å². The number of carbonyl (C=O) groups excluding carboxylic acids is 1. The lowest BCUT2D eigenvalue weighted by Gasteiger charge is -2.18. The van der Waals surface area contributed by atoms with E-state index in [9.17, 15) is 18.0 Å². The lowest BCUT2D eigenvalue weighted by atomic mass is 10.0. The SMILES string of the molecule is O=C1CCSc2c1cccc2C(F)(F)F. The second-order valence-electron chi connectivity index (χ2n) is 3.20. The Bertz CT molecular complexity index is 412. The Morgan fingerprint density at radius 2 is 2.00 bits per heavy atom. The molecule has 1 nitrogen and oxygen atoms in total. The van der Waals surface area contributed by atoms with Crippen LogP contribution in [0.25, 0.3) is 0 Å². The van der Waals surface area contributed by atoms with Crippen LogP contribution in [-0.4, -0.2) is 11.5 Å². The van der Waals surface area contributed by atoms with Gasteiger partial charge in [0.05, 0.1) is 5.56 Å². The van der Waals surface area contributed by atoms with Crippen LogP contribution in [0, 0.1) is 0 Å². The van der Waals surface area contributed by atoms with Crippen molar-refractivity contribution in [1.29, 1.82) is 0 Å². The summed E-state index contributed by atoms with van der Waals surface area (Å²) in [5, 5.41) is 0. The van der Waals surface area contributed by atoms with Crippen LogP contribution < -0.4 is 0 Å². The Kier molecular flexibility index (Phi) is 2.50. The molecule has 2 rings (SSSR count). The molecular weight excluding hydrogens is 225 g/mol. The highest BCUT2D eigenvalue weighted by Crippen LogP contribution is 2.41. The monoisotopic (exact) mass is 232 g/mol. The first-order valence-corrected chi connectivity index (χ1v) is 5.35. The molecule has 1 aliphatic heterocycles. The topological polar surface area (TPSA) is 17.1 Å². The second kappa shape index (κ2) is 3.56. The Balaban J connectivity index is 2.59. The van der Waals surface area contributed by atoms with Gasteiger partial charge in [-0.15, -0.1) is 11.8 Å². The smallest absolute Gasteiger partial charge is 0.294 e. The zero-order valence-corrected chi connectivity index (χ0v) is 8.41. The van der Waals surface area contributed by atoms with E-state index in [1.807, 2.05) is 0 Å². The number of ketones is 1. The van der Waals surface area contributed by atoms with Crippen LogP contribution in [0.1, 0.15) is 22.3 Å². The van der Waals surface area contributed by atoms with Crippen LogP contribution in [0.3, 0.4) is 0 Å². The van der Waals surface area contributed by atoms with E-state index in [1.54, 1.807) is 0 Å². The minimum absolute atomic E-state index is 0.0845. The Morgan fingerprint density at radius 3 is 2.67 bits per heavy atom. The summed E-state index contributed by atoms with van der Waals surface area (Å²) >= 11 is 1.11. The summed E-state index contributed by atoms with van der Waals surface area (Å²) in [6.45, 7) is 0. The molecule has 0 saturated heterocycles. The molecule has 0 spiro atoms. The molecule has 0 atom stereocenters. The summed E-state index contributed by atoms with van der Waals surface area (Å²) in [5.74, 6) is 0.230. The second-order valence-corrected chi connectivity index (χ2v) is 4.31. The molecule has 1 aromatic carbocycles. The van der Waals surface area contributed by atoms with Crippen molar-refractivity contribution in [3.8, 4) is 0 Å². The highest BCUT2D eigenvalue weighted by Gasteiger charge is 2.36. The van der Waals surface area contributed by atoms with Gasteiger partial charge in [-0.2, -0.15) is 13.2 Å². The van der Waals surface area contributed by atoms with E-state index in [-0.39, 0.29) is 16.2 Å². The summed E-state index contributed by atoms with van der Waals surface area (Å²) in [5.41, 5.74) is -0.487. The third-order valence-corrected chi connectivity index (χ3v) is 3.33. The summed E-state index contributed by atoms with van der Waals surface area (Å²) in [6.07, 6.45) is -4.06. The van der Waals surface area contributed by atoms with E-state index in [2.05, 4.69) is 0 Å². The van der Waals surface area contributed by atoms with E-state index in [0.717, 1.165) is 17.8 Å². The molecular formula is C10H7F3OS. The average molecular weight is 232 g/mol. The Hall–Kier alpha value is -0.970. The van der Waals surface area contributed by atoms with Gasteiger partial charge in [-0.25, -0.2) is 0 Å². The standard InChI is InChI=1S/C10H7F3OS/c11-10(12,13)7-3-1-2-6-8(14)4-5-15-9(6)7/h1-3H,4-5H2. The van der Waals surface area contributed by atoms with Crippen molar-refractivity contribution in [3.05, 3.63) is 29.3 Å². The van der Waals surface area contributed by atoms with Crippen molar-refractivity contribution in [2.45, 2.75) is 17.5 Å². The molecule has 0 unspecified atom stereocenters. The van der Waals surface area contributed by atoms with Crippen molar-refractivity contribution < 1.29 is 18.0 Å². The van der Waals surface area contributed by atoms with Gasteiger partial charge in [0.2, 0.25) is 0 Å². The molecule has 1 heterocycles. The number of benzene rings is 1. The summed E-state index contributed by atoms with van der Waals surface area (Å²) in [7, 11) is 0. The van der Waals surface area contributed by atoms with Crippen LogP contribution in [0.2, 0.25) is 0 Å². The maximum atomic E-state index is 12.6. The molecule has 0 N–H and O–H groups in total. The number of Topliss-reactive ketones (excluding diaryl/α,β-unsaturated/α-hetero) is 1. The van der Waals surface area contributed by atoms with Gasteiger partial charge in [-0.05, 0) is 6.07 Å². The molecule has 1 aliphatic rings. The number of thioether (sulfide) groups is 1. The Morgan fingerprint density at radius 1 is 1.27 bits per heavy atom. The van der Waals surface area contributed by atoms with Crippen LogP contribution in [0.5, 0.6) is 0 Å².